The van der Waals surface area contributed by atoms with Gasteiger partial charge in [0.2, 0.25) is 0 Å². The zero-order valence-corrected chi connectivity index (χ0v) is 13.1. The lowest BCUT2D eigenvalue weighted by molar-refractivity contribution is -0.142. The number of hydrogen-bond acceptors (Lipinski definition) is 6. The Morgan fingerprint density at radius 1 is 1.57 bits per heavy atom. The zero-order chi connectivity index (χ0) is 15.0. The first-order valence-electron chi connectivity index (χ1n) is 6.57. The number of fused-ring (bicyclic) bond motifs is 1. The molecule has 0 amide bonds. The van der Waals surface area contributed by atoms with Gasteiger partial charge in [-0.05, 0) is 6.92 Å². The van der Waals surface area contributed by atoms with E-state index < -0.39 is 12.0 Å². The molecule has 1 atom stereocenters. The molecule has 112 valence electrons. The summed E-state index contributed by atoms with van der Waals surface area (Å²) in [5.41, 5.74) is 1.41. The number of nitrogens with zero attached hydrogens (tertiary/aromatic N) is 3. The van der Waals surface area contributed by atoms with E-state index in [-0.39, 0.29) is 5.56 Å². The van der Waals surface area contributed by atoms with Crippen LogP contribution < -0.4 is 5.56 Å². The van der Waals surface area contributed by atoms with Crippen LogP contribution in [0.3, 0.4) is 0 Å². The number of carbonyl (C=O) groups is 1. The number of rotatable bonds is 3. The van der Waals surface area contributed by atoms with Gasteiger partial charge in [-0.25, -0.2) is 4.98 Å². The zero-order valence-electron chi connectivity index (χ0n) is 11.5. The molecule has 1 aliphatic rings. The summed E-state index contributed by atoms with van der Waals surface area (Å²) in [5, 5.41) is 11.2. The monoisotopic (exact) mass is 325 g/mol. The van der Waals surface area contributed by atoms with Crippen molar-refractivity contribution in [1.82, 2.24) is 14.3 Å². The topological polar surface area (TPSA) is 74.9 Å². The van der Waals surface area contributed by atoms with Crippen molar-refractivity contribution in [2.45, 2.75) is 19.5 Å². The molecule has 1 unspecified atom stereocenters. The Morgan fingerprint density at radius 2 is 2.38 bits per heavy atom. The van der Waals surface area contributed by atoms with Gasteiger partial charge >= 0.3 is 5.97 Å². The minimum atomic E-state index is -0.813. The molecule has 0 spiro atoms. The maximum absolute atomic E-state index is 12.1. The molecule has 2 aromatic heterocycles. The summed E-state index contributed by atoms with van der Waals surface area (Å²) in [6.07, 6.45) is 0. The van der Waals surface area contributed by atoms with Crippen LogP contribution in [0, 0.1) is 6.92 Å². The molecular formula is C13H15N3O3S2. The second-order valence-corrected chi connectivity index (χ2v) is 6.97. The maximum Gasteiger partial charge on any atom is 0.321 e. The van der Waals surface area contributed by atoms with E-state index in [0.29, 0.717) is 29.5 Å². The van der Waals surface area contributed by atoms with Gasteiger partial charge in [0, 0.05) is 41.7 Å². The summed E-state index contributed by atoms with van der Waals surface area (Å²) in [7, 11) is 0. The third-order valence-electron chi connectivity index (χ3n) is 3.52. The van der Waals surface area contributed by atoms with E-state index in [1.807, 2.05) is 17.2 Å². The first kappa shape index (κ1) is 14.6. The number of thioether (sulfide) groups is 1. The number of thiazole rings is 1. The van der Waals surface area contributed by atoms with Crippen molar-refractivity contribution < 1.29 is 9.90 Å². The number of aromatic nitrogens is 2. The van der Waals surface area contributed by atoms with Crippen LogP contribution in [0.2, 0.25) is 0 Å². The lowest BCUT2D eigenvalue weighted by Crippen LogP contribution is -2.46. The Hall–Kier alpha value is -1.38. The lowest BCUT2D eigenvalue weighted by Gasteiger charge is -2.32. The average Bonchev–Trinajstić information content (AvgIpc) is 2.81. The highest BCUT2D eigenvalue weighted by Gasteiger charge is 2.29. The van der Waals surface area contributed by atoms with E-state index in [4.69, 9.17) is 0 Å². The van der Waals surface area contributed by atoms with Crippen LogP contribution in [0.4, 0.5) is 0 Å². The van der Waals surface area contributed by atoms with E-state index >= 15 is 0 Å². The summed E-state index contributed by atoms with van der Waals surface area (Å²) in [5.74, 6) is 0.671. The molecule has 3 rings (SSSR count). The SMILES string of the molecule is Cc1csc2nc(CN3CCSCC3C(=O)O)cc(=O)n12. The fourth-order valence-corrected chi connectivity index (χ4v) is 4.44. The Labute approximate surface area is 129 Å². The van der Waals surface area contributed by atoms with Gasteiger partial charge < -0.3 is 5.11 Å². The van der Waals surface area contributed by atoms with Crippen molar-refractivity contribution in [3.8, 4) is 0 Å². The van der Waals surface area contributed by atoms with Gasteiger partial charge in [0.25, 0.3) is 5.56 Å². The van der Waals surface area contributed by atoms with Gasteiger partial charge in [0.1, 0.15) is 6.04 Å². The van der Waals surface area contributed by atoms with Crippen LogP contribution in [-0.2, 0) is 11.3 Å². The lowest BCUT2D eigenvalue weighted by atomic mass is 10.2. The van der Waals surface area contributed by atoms with Gasteiger partial charge in [0.05, 0.1) is 5.69 Å². The molecule has 0 bridgehead atoms. The van der Waals surface area contributed by atoms with E-state index in [2.05, 4.69) is 4.98 Å². The predicted octanol–water partition coefficient (Wildman–Crippen LogP) is 1.07. The molecule has 0 radical (unpaired) electrons. The molecule has 0 saturated carbocycles. The second kappa shape index (κ2) is 5.78. The first-order chi connectivity index (χ1) is 10.1. The minimum Gasteiger partial charge on any atom is -0.480 e. The van der Waals surface area contributed by atoms with Crippen LogP contribution in [0.1, 0.15) is 11.4 Å². The minimum absolute atomic E-state index is 0.105. The molecule has 1 saturated heterocycles. The molecule has 1 fully saturated rings. The van der Waals surface area contributed by atoms with Crippen LogP contribution in [0.5, 0.6) is 0 Å². The molecule has 0 aromatic carbocycles. The summed E-state index contributed by atoms with van der Waals surface area (Å²) < 4.78 is 1.58. The largest absolute Gasteiger partial charge is 0.480 e. The number of aryl methyl sites for hydroxylation is 1. The highest BCUT2D eigenvalue weighted by Crippen LogP contribution is 2.19. The third-order valence-corrected chi connectivity index (χ3v) is 5.48. The van der Waals surface area contributed by atoms with Crippen LogP contribution in [-0.4, -0.2) is 49.5 Å². The van der Waals surface area contributed by atoms with Crippen molar-refractivity contribution in [2.75, 3.05) is 18.1 Å². The molecule has 2 aromatic rings. The van der Waals surface area contributed by atoms with Gasteiger partial charge in [0.15, 0.2) is 4.96 Å². The van der Waals surface area contributed by atoms with Crippen molar-refractivity contribution >= 4 is 34.0 Å². The summed E-state index contributed by atoms with van der Waals surface area (Å²) in [4.78, 5) is 30.5. The molecule has 21 heavy (non-hydrogen) atoms. The van der Waals surface area contributed by atoms with Crippen LogP contribution in [0.25, 0.3) is 4.96 Å². The molecule has 1 aliphatic heterocycles. The smallest absolute Gasteiger partial charge is 0.321 e. The second-order valence-electron chi connectivity index (χ2n) is 4.98. The average molecular weight is 325 g/mol. The number of hydrogen-bond donors (Lipinski definition) is 1. The van der Waals surface area contributed by atoms with Gasteiger partial charge in [-0.2, -0.15) is 11.8 Å². The highest BCUT2D eigenvalue weighted by molar-refractivity contribution is 7.99. The number of carboxylic acid groups (broad SMARTS) is 1. The molecule has 1 N–H and O–H groups in total. The first-order valence-corrected chi connectivity index (χ1v) is 8.61. The molecule has 3 heterocycles. The fourth-order valence-electron chi connectivity index (χ4n) is 2.44. The standard InChI is InChI=1S/C13H15N3O3S2/c1-8-6-21-13-14-9(4-11(17)16(8)13)5-15-2-3-20-7-10(15)12(18)19/h4,6,10H,2-3,5,7H2,1H3,(H,18,19). The summed E-state index contributed by atoms with van der Waals surface area (Å²) >= 11 is 3.07. The Kier molecular flexibility index (Phi) is 4.01. The van der Waals surface area contributed by atoms with E-state index in [0.717, 1.165) is 11.4 Å². The van der Waals surface area contributed by atoms with E-state index in [1.54, 1.807) is 16.2 Å². The molecule has 0 aliphatic carbocycles. The quantitative estimate of drug-likeness (QED) is 0.910. The normalized spacial score (nSPS) is 20.0. The van der Waals surface area contributed by atoms with Crippen LogP contribution >= 0.6 is 23.1 Å². The fraction of sp³-hybridized carbons (Fsp3) is 0.462. The van der Waals surface area contributed by atoms with Gasteiger partial charge in [-0.3, -0.25) is 18.9 Å². The summed E-state index contributed by atoms with van der Waals surface area (Å²) in [6.45, 7) is 2.97. The summed E-state index contributed by atoms with van der Waals surface area (Å²) in [6, 6.07) is 1.00. The Bertz CT molecular complexity index is 740. The van der Waals surface area contributed by atoms with Crippen molar-refractivity contribution in [3.63, 3.8) is 0 Å². The third kappa shape index (κ3) is 2.83. The molecule has 8 heteroatoms. The van der Waals surface area contributed by atoms with Gasteiger partial charge in [-0.15, -0.1) is 11.3 Å². The predicted molar refractivity (Wildman–Crippen MR) is 83.2 cm³/mol. The van der Waals surface area contributed by atoms with E-state index in [9.17, 15) is 14.7 Å². The van der Waals surface area contributed by atoms with E-state index in [1.165, 1.54) is 17.4 Å². The number of carboxylic acids is 1. The van der Waals surface area contributed by atoms with Crippen molar-refractivity contribution in [2.24, 2.45) is 0 Å². The highest BCUT2D eigenvalue weighted by atomic mass is 32.2. The molecule has 6 nitrogen and oxygen atoms in total. The van der Waals surface area contributed by atoms with Crippen molar-refractivity contribution in [3.05, 3.63) is 33.2 Å². The van der Waals surface area contributed by atoms with Gasteiger partial charge in [-0.1, -0.05) is 0 Å². The number of aliphatic carboxylic acids is 1. The Morgan fingerprint density at radius 3 is 3.14 bits per heavy atom. The van der Waals surface area contributed by atoms with Crippen molar-refractivity contribution in [1.29, 1.82) is 0 Å². The molecular weight excluding hydrogens is 310 g/mol. The Balaban J connectivity index is 1.90. The van der Waals surface area contributed by atoms with Crippen LogP contribution in [0.15, 0.2) is 16.2 Å². The maximum atomic E-state index is 12.1.